The number of hydrogen-bond donors (Lipinski definition) is 0. The summed E-state index contributed by atoms with van der Waals surface area (Å²) in [6.45, 7) is 7.49. The summed E-state index contributed by atoms with van der Waals surface area (Å²) in [5.41, 5.74) is 0.672. The number of esters is 1. The van der Waals surface area contributed by atoms with Crippen LogP contribution in [0.2, 0.25) is 0 Å². The number of rotatable bonds is 3. The van der Waals surface area contributed by atoms with Crippen LogP contribution >= 0.6 is 0 Å². The van der Waals surface area contributed by atoms with Crippen LogP contribution in [0.15, 0.2) is 0 Å². The van der Waals surface area contributed by atoms with E-state index < -0.39 is 0 Å². The lowest BCUT2D eigenvalue weighted by Gasteiger charge is -2.61. The number of ether oxygens (including phenoxy) is 3. The van der Waals surface area contributed by atoms with Crippen molar-refractivity contribution in [1.82, 2.24) is 0 Å². The summed E-state index contributed by atoms with van der Waals surface area (Å²) in [7, 11) is 0. The van der Waals surface area contributed by atoms with Crippen molar-refractivity contribution in [1.29, 1.82) is 0 Å². The zero-order chi connectivity index (χ0) is 20.9. The standard InChI is InChI=1S/C26H42O4/c1-17(27)29-23-10-9-21-20-8-7-18-16-19(30-24-6-4-5-15-28-24)11-13-25(18,2)22(20)12-14-26(21,23)3/h18-24H,4-16H2,1-3H3/t18-,19-,20+,21+,22+,23-,24-,25-,26-/m0/s1. The van der Waals surface area contributed by atoms with E-state index in [1.165, 1.54) is 64.2 Å². The molecule has 0 aromatic heterocycles. The van der Waals surface area contributed by atoms with Gasteiger partial charge in [0.05, 0.1) is 6.10 Å². The Kier molecular flexibility index (Phi) is 5.71. The minimum Gasteiger partial charge on any atom is -0.462 e. The van der Waals surface area contributed by atoms with Gasteiger partial charge < -0.3 is 14.2 Å². The smallest absolute Gasteiger partial charge is 0.302 e. The van der Waals surface area contributed by atoms with E-state index >= 15 is 0 Å². The van der Waals surface area contributed by atoms with Crippen LogP contribution in [0, 0.1) is 34.5 Å². The molecule has 1 saturated heterocycles. The van der Waals surface area contributed by atoms with Crippen molar-refractivity contribution in [3.63, 3.8) is 0 Å². The number of carbonyl (C=O) groups is 1. The molecule has 0 unspecified atom stereocenters. The monoisotopic (exact) mass is 418 g/mol. The van der Waals surface area contributed by atoms with Crippen LogP contribution in [0.5, 0.6) is 0 Å². The highest BCUT2D eigenvalue weighted by Gasteiger charge is 2.61. The second-order valence-corrected chi connectivity index (χ2v) is 11.7. The van der Waals surface area contributed by atoms with Gasteiger partial charge in [-0.05, 0) is 106 Å². The molecular formula is C26H42O4. The maximum atomic E-state index is 11.7. The van der Waals surface area contributed by atoms with Gasteiger partial charge in [-0.3, -0.25) is 4.79 Å². The second kappa shape index (κ2) is 8.06. The van der Waals surface area contributed by atoms with E-state index in [0.717, 1.165) is 43.1 Å². The van der Waals surface area contributed by atoms with Gasteiger partial charge in [0, 0.05) is 18.9 Å². The topological polar surface area (TPSA) is 44.8 Å². The Bertz CT molecular complexity index is 643. The maximum absolute atomic E-state index is 11.7. The molecule has 0 radical (unpaired) electrons. The first-order chi connectivity index (χ1) is 14.4. The Morgan fingerprint density at radius 2 is 1.70 bits per heavy atom. The predicted molar refractivity (Wildman–Crippen MR) is 116 cm³/mol. The molecule has 5 rings (SSSR count). The van der Waals surface area contributed by atoms with Gasteiger partial charge in [-0.15, -0.1) is 0 Å². The summed E-state index contributed by atoms with van der Waals surface area (Å²) in [4.78, 5) is 11.7. The fourth-order valence-corrected chi connectivity index (χ4v) is 8.72. The van der Waals surface area contributed by atoms with E-state index in [9.17, 15) is 4.79 Å². The average molecular weight is 419 g/mol. The Labute approximate surface area is 182 Å². The molecule has 170 valence electrons. The van der Waals surface area contributed by atoms with Crippen LogP contribution in [0.3, 0.4) is 0 Å². The normalized spacial score (nSPS) is 50.8. The lowest BCUT2D eigenvalue weighted by atomic mass is 9.45. The van der Waals surface area contributed by atoms with E-state index in [1.54, 1.807) is 6.92 Å². The fourth-order valence-electron chi connectivity index (χ4n) is 8.72. The number of carbonyl (C=O) groups excluding carboxylic acids is 1. The fraction of sp³-hybridized carbons (Fsp3) is 0.962. The van der Waals surface area contributed by atoms with Gasteiger partial charge in [0.1, 0.15) is 6.10 Å². The molecule has 30 heavy (non-hydrogen) atoms. The molecule has 5 fully saturated rings. The van der Waals surface area contributed by atoms with Gasteiger partial charge in [0.25, 0.3) is 0 Å². The minimum atomic E-state index is -0.0973. The van der Waals surface area contributed by atoms with Crippen molar-refractivity contribution in [2.24, 2.45) is 34.5 Å². The second-order valence-electron chi connectivity index (χ2n) is 11.7. The lowest BCUT2D eigenvalue weighted by Crippen LogP contribution is -2.55. The molecule has 1 heterocycles. The van der Waals surface area contributed by atoms with Crippen LogP contribution in [-0.2, 0) is 19.0 Å². The zero-order valence-electron chi connectivity index (χ0n) is 19.4. The van der Waals surface area contributed by atoms with Gasteiger partial charge in [-0.1, -0.05) is 13.8 Å². The first-order valence-corrected chi connectivity index (χ1v) is 12.8. The first-order valence-electron chi connectivity index (χ1n) is 12.8. The summed E-state index contributed by atoms with van der Waals surface area (Å²) in [5, 5.41) is 0. The van der Waals surface area contributed by atoms with Gasteiger partial charge in [0.2, 0.25) is 0 Å². The molecule has 0 aromatic carbocycles. The van der Waals surface area contributed by atoms with Crippen LogP contribution in [0.25, 0.3) is 0 Å². The molecule has 0 amide bonds. The first kappa shape index (κ1) is 21.2. The van der Waals surface area contributed by atoms with E-state index in [0.29, 0.717) is 11.5 Å². The molecular weight excluding hydrogens is 376 g/mol. The van der Waals surface area contributed by atoms with Gasteiger partial charge in [0.15, 0.2) is 6.29 Å². The summed E-state index contributed by atoms with van der Waals surface area (Å²) >= 11 is 0. The highest BCUT2D eigenvalue weighted by Crippen LogP contribution is 2.66. The highest BCUT2D eigenvalue weighted by atomic mass is 16.7. The summed E-state index contributed by atoms with van der Waals surface area (Å²) < 4.78 is 18.1. The maximum Gasteiger partial charge on any atom is 0.302 e. The van der Waals surface area contributed by atoms with Gasteiger partial charge in [-0.2, -0.15) is 0 Å². The third-order valence-electron chi connectivity index (χ3n) is 10.3. The van der Waals surface area contributed by atoms with E-state index in [1.807, 2.05) is 0 Å². The third kappa shape index (κ3) is 3.54. The van der Waals surface area contributed by atoms with E-state index in [2.05, 4.69) is 13.8 Å². The van der Waals surface area contributed by atoms with E-state index in [4.69, 9.17) is 14.2 Å². The van der Waals surface area contributed by atoms with Crippen molar-refractivity contribution < 1.29 is 19.0 Å². The molecule has 4 nitrogen and oxygen atoms in total. The largest absolute Gasteiger partial charge is 0.462 e. The molecule has 0 aromatic rings. The van der Waals surface area contributed by atoms with Crippen molar-refractivity contribution >= 4 is 5.97 Å². The highest BCUT2D eigenvalue weighted by molar-refractivity contribution is 5.66. The van der Waals surface area contributed by atoms with Crippen LogP contribution in [-0.4, -0.2) is 31.1 Å². The molecule has 4 heteroatoms. The number of hydrogen-bond acceptors (Lipinski definition) is 4. The Morgan fingerprint density at radius 1 is 0.900 bits per heavy atom. The Hall–Kier alpha value is -0.610. The van der Waals surface area contributed by atoms with Crippen LogP contribution in [0.1, 0.15) is 97.8 Å². The molecule has 4 aliphatic carbocycles. The third-order valence-corrected chi connectivity index (χ3v) is 10.3. The quantitative estimate of drug-likeness (QED) is 0.424. The Balaban J connectivity index is 1.26. The summed E-state index contributed by atoms with van der Waals surface area (Å²) in [6, 6.07) is 0. The molecule has 0 N–H and O–H groups in total. The van der Waals surface area contributed by atoms with Gasteiger partial charge >= 0.3 is 5.97 Å². The number of fused-ring (bicyclic) bond motifs is 5. The van der Waals surface area contributed by atoms with Crippen molar-refractivity contribution in [3.05, 3.63) is 0 Å². The molecule has 9 atom stereocenters. The molecule has 5 aliphatic rings. The van der Waals surface area contributed by atoms with E-state index in [-0.39, 0.29) is 23.8 Å². The summed E-state index contributed by atoms with van der Waals surface area (Å²) in [6.07, 6.45) is 15.4. The summed E-state index contributed by atoms with van der Waals surface area (Å²) in [5.74, 6) is 3.11. The van der Waals surface area contributed by atoms with Crippen molar-refractivity contribution in [2.45, 2.75) is 116 Å². The van der Waals surface area contributed by atoms with Crippen molar-refractivity contribution in [2.75, 3.05) is 6.61 Å². The molecule has 0 spiro atoms. The average Bonchev–Trinajstić information content (AvgIpc) is 3.05. The van der Waals surface area contributed by atoms with Crippen LogP contribution < -0.4 is 0 Å². The molecule has 0 bridgehead atoms. The zero-order valence-corrected chi connectivity index (χ0v) is 19.4. The molecule has 4 saturated carbocycles. The van der Waals surface area contributed by atoms with Crippen molar-refractivity contribution in [3.8, 4) is 0 Å². The van der Waals surface area contributed by atoms with Gasteiger partial charge in [-0.25, -0.2) is 0 Å². The minimum absolute atomic E-state index is 0.0523. The predicted octanol–water partition coefficient (Wildman–Crippen LogP) is 5.87. The van der Waals surface area contributed by atoms with Crippen LogP contribution in [0.4, 0.5) is 0 Å². The lowest BCUT2D eigenvalue weighted by molar-refractivity contribution is -0.212. The Morgan fingerprint density at radius 3 is 2.47 bits per heavy atom. The molecule has 1 aliphatic heterocycles. The SMILES string of the molecule is CC(=O)O[C@H]1CC[C@@H]2[C@H]3CC[C@H]4C[C@@H](O[C@H]5CCCCO5)CC[C@]4(C)[C@@H]3CC[C@]12C.